The van der Waals surface area contributed by atoms with E-state index < -0.39 is 0 Å². The second kappa shape index (κ2) is 10.8. The Hall–Kier alpha value is -2.68. The number of carbonyl (C=O) groups is 1. The molecule has 3 rings (SSSR count). The highest BCUT2D eigenvalue weighted by atomic mass is 35.5. The first kappa shape index (κ1) is 24.0. The number of amides is 1. The van der Waals surface area contributed by atoms with E-state index in [9.17, 15) is 9.59 Å². The lowest BCUT2D eigenvalue weighted by Crippen LogP contribution is -2.23. The zero-order valence-electron chi connectivity index (χ0n) is 18.2. The van der Waals surface area contributed by atoms with E-state index >= 15 is 0 Å². The summed E-state index contributed by atoms with van der Waals surface area (Å²) in [5, 5.41) is 3.69. The molecular weight excluding hydrogens is 450 g/mol. The van der Waals surface area contributed by atoms with Gasteiger partial charge in [-0.05, 0) is 61.0 Å². The van der Waals surface area contributed by atoms with Crippen molar-refractivity contribution in [2.24, 2.45) is 5.92 Å². The molecule has 0 aliphatic carbocycles. The molecule has 32 heavy (non-hydrogen) atoms. The van der Waals surface area contributed by atoms with Crippen molar-refractivity contribution in [2.75, 3.05) is 25.6 Å². The van der Waals surface area contributed by atoms with E-state index in [1.165, 1.54) is 4.57 Å². The first-order valence-electron chi connectivity index (χ1n) is 10.3. The number of methoxy groups -OCH3 is 1. The van der Waals surface area contributed by atoms with Gasteiger partial charge in [0.1, 0.15) is 5.75 Å². The van der Waals surface area contributed by atoms with E-state index in [2.05, 4.69) is 24.1 Å². The lowest BCUT2D eigenvalue weighted by molar-refractivity contribution is 0.102. The van der Waals surface area contributed by atoms with Crippen LogP contribution in [0.5, 0.6) is 5.75 Å². The molecule has 7 nitrogen and oxygen atoms in total. The van der Waals surface area contributed by atoms with E-state index in [-0.39, 0.29) is 11.5 Å². The number of H-pyrrole nitrogens is 1. The lowest BCUT2D eigenvalue weighted by atomic mass is 10.1. The second-order valence-corrected chi connectivity index (χ2v) is 8.59. The number of hydrogen-bond donors (Lipinski definition) is 2. The van der Waals surface area contributed by atoms with Crippen LogP contribution in [0.25, 0.3) is 10.9 Å². The number of aromatic amines is 1. The minimum absolute atomic E-state index is 0.199. The maximum atomic E-state index is 12.8. The predicted molar refractivity (Wildman–Crippen MR) is 130 cm³/mol. The molecule has 1 aromatic heterocycles. The molecule has 0 saturated carbocycles. The van der Waals surface area contributed by atoms with Crippen LogP contribution in [0.4, 0.5) is 5.69 Å². The van der Waals surface area contributed by atoms with E-state index in [0.29, 0.717) is 69.8 Å². The van der Waals surface area contributed by atoms with E-state index in [4.69, 9.17) is 33.3 Å². The molecule has 2 N–H and O–H groups in total. The number of carbonyl (C=O) groups excluding carboxylic acids is 1. The Morgan fingerprint density at radius 1 is 1.25 bits per heavy atom. The summed E-state index contributed by atoms with van der Waals surface area (Å²) in [4.78, 5) is 28.6. The molecule has 170 valence electrons. The normalized spacial score (nSPS) is 11.2. The van der Waals surface area contributed by atoms with E-state index in [1.807, 2.05) is 0 Å². The summed E-state index contributed by atoms with van der Waals surface area (Å²) in [7, 11) is 1.61. The molecule has 9 heteroatoms. The maximum absolute atomic E-state index is 12.8. The monoisotopic (exact) mass is 475 g/mol. The highest BCUT2D eigenvalue weighted by Crippen LogP contribution is 2.28. The smallest absolute Gasteiger partial charge is 0.262 e. The van der Waals surface area contributed by atoms with Gasteiger partial charge in [0.2, 0.25) is 0 Å². The van der Waals surface area contributed by atoms with Gasteiger partial charge in [0, 0.05) is 31.5 Å². The Bertz CT molecular complexity index is 1240. The number of nitrogens with zero attached hydrogens (tertiary/aromatic N) is 1. The van der Waals surface area contributed by atoms with Gasteiger partial charge in [0.15, 0.2) is 4.77 Å². The third-order valence-corrected chi connectivity index (χ3v) is 5.35. The van der Waals surface area contributed by atoms with E-state index in [1.54, 1.807) is 43.5 Å². The SMILES string of the molecule is COCCCn1c(=S)[nH]c2cc(C(=O)Nc3ccc(OCC(C)C)c(Cl)c3)ccc2c1=O. The number of anilines is 1. The van der Waals surface area contributed by atoms with Gasteiger partial charge < -0.3 is 19.8 Å². The summed E-state index contributed by atoms with van der Waals surface area (Å²) in [6.45, 7) is 5.65. The molecule has 0 spiro atoms. The quantitative estimate of drug-likeness (QED) is 0.334. The lowest BCUT2D eigenvalue weighted by Gasteiger charge is -2.12. The fraction of sp³-hybridized carbons (Fsp3) is 0.348. The van der Waals surface area contributed by atoms with Crippen LogP contribution in [0.3, 0.4) is 0 Å². The fourth-order valence-electron chi connectivity index (χ4n) is 3.12. The van der Waals surface area contributed by atoms with Crippen molar-refractivity contribution >= 4 is 46.3 Å². The van der Waals surface area contributed by atoms with Gasteiger partial charge in [0.05, 0.1) is 22.5 Å². The van der Waals surface area contributed by atoms with Crippen molar-refractivity contribution in [2.45, 2.75) is 26.8 Å². The standard InChI is InChI=1S/C23H26ClN3O4S/c1-14(2)13-31-20-8-6-16(12-18(20)24)25-21(28)15-5-7-17-19(11-15)26-23(32)27(22(17)29)9-4-10-30-3/h5-8,11-12,14H,4,9-10,13H2,1-3H3,(H,25,28)(H,26,32). The molecule has 3 aromatic rings. The van der Waals surface area contributed by atoms with Crippen LogP contribution >= 0.6 is 23.8 Å². The van der Waals surface area contributed by atoms with Crippen LogP contribution in [0.2, 0.25) is 5.02 Å². The van der Waals surface area contributed by atoms with Gasteiger partial charge in [-0.15, -0.1) is 0 Å². The maximum Gasteiger partial charge on any atom is 0.262 e. The molecule has 0 unspecified atom stereocenters. The van der Waals surface area contributed by atoms with Crippen molar-refractivity contribution in [1.29, 1.82) is 0 Å². The largest absolute Gasteiger partial charge is 0.492 e. The van der Waals surface area contributed by atoms with Gasteiger partial charge in [-0.25, -0.2) is 0 Å². The van der Waals surface area contributed by atoms with Gasteiger partial charge in [-0.2, -0.15) is 0 Å². The fourth-order valence-corrected chi connectivity index (χ4v) is 3.64. The van der Waals surface area contributed by atoms with Crippen LogP contribution in [-0.4, -0.2) is 35.8 Å². The molecule has 0 aliphatic rings. The predicted octanol–water partition coefficient (Wildman–Crippen LogP) is 5.04. The summed E-state index contributed by atoms with van der Waals surface area (Å²) in [5.74, 6) is 0.612. The van der Waals surface area contributed by atoms with Crippen LogP contribution in [0, 0.1) is 10.7 Å². The van der Waals surface area contributed by atoms with Crippen molar-refractivity contribution < 1.29 is 14.3 Å². The topological polar surface area (TPSA) is 85.3 Å². The highest BCUT2D eigenvalue weighted by Gasteiger charge is 2.12. The zero-order chi connectivity index (χ0) is 23.3. The average Bonchev–Trinajstić information content (AvgIpc) is 2.75. The molecule has 0 atom stereocenters. The number of fused-ring (bicyclic) bond motifs is 1. The molecule has 1 heterocycles. The van der Waals surface area contributed by atoms with Crippen LogP contribution < -0.4 is 15.6 Å². The molecule has 0 aliphatic heterocycles. The van der Waals surface area contributed by atoms with Crippen molar-refractivity contribution in [3.8, 4) is 5.75 Å². The van der Waals surface area contributed by atoms with Gasteiger partial charge in [0.25, 0.3) is 11.5 Å². The molecular formula is C23H26ClN3O4S. The highest BCUT2D eigenvalue weighted by molar-refractivity contribution is 7.71. The van der Waals surface area contributed by atoms with Crippen molar-refractivity contribution in [3.05, 3.63) is 62.1 Å². The molecule has 0 saturated heterocycles. The van der Waals surface area contributed by atoms with Crippen molar-refractivity contribution in [3.63, 3.8) is 0 Å². The minimum atomic E-state index is -0.331. The number of rotatable bonds is 9. The molecule has 0 fully saturated rings. The number of ether oxygens (including phenoxy) is 2. The zero-order valence-corrected chi connectivity index (χ0v) is 19.8. The Morgan fingerprint density at radius 2 is 2.03 bits per heavy atom. The first-order valence-corrected chi connectivity index (χ1v) is 11.1. The summed E-state index contributed by atoms with van der Waals surface area (Å²) in [5.41, 5.74) is 1.23. The molecule has 0 radical (unpaired) electrons. The average molecular weight is 476 g/mol. The summed E-state index contributed by atoms with van der Waals surface area (Å²) in [6.07, 6.45) is 0.670. The Morgan fingerprint density at radius 3 is 2.72 bits per heavy atom. The second-order valence-electron chi connectivity index (χ2n) is 7.80. The number of hydrogen-bond acceptors (Lipinski definition) is 5. The van der Waals surface area contributed by atoms with Crippen LogP contribution in [0.1, 0.15) is 30.6 Å². The Balaban J connectivity index is 1.80. The number of nitrogens with one attached hydrogen (secondary N) is 2. The van der Waals surface area contributed by atoms with E-state index in [0.717, 1.165) is 0 Å². The number of halogens is 1. The molecule has 2 aromatic carbocycles. The Labute approximate surface area is 196 Å². The number of benzene rings is 2. The summed E-state index contributed by atoms with van der Waals surface area (Å²) >= 11 is 11.6. The van der Waals surface area contributed by atoms with Gasteiger partial charge in [-0.3, -0.25) is 14.2 Å². The Kier molecular flexibility index (Phi) is 8.06. The van der Waals surface area contributed by atoms with Crippen LogP contribution in [-0.2, 0) is 11.3 Å². The third kappa shape index (κ3) is 5.76. The third-order valence-electron chi connectivity index (χ3n) is 4.74. The summed E-state index contributed by atoms with van der Waals surface area (Å²) < 4.78 is 12.5. The van der Waals surface area contributed by atoms with Gasteiger partial charge in [-0.1, -0.05) is 25.4 Å². The van der Waals surface area contributed by atoms with Gasteiger partial charge >= 0.3 is 0 Å². The minimum Gasteiger partial charge on any atom is -0.492 e. The molecule has 0 bridgehead atoms. The first-order chi connectivity index (χ1) is 15.3. The van der Waals surface area contributed by atoms with Crippen LogP contribution in [0.15, 0.2) is 41.2 Å². The van der Waals surface area contributed by atoms with Crippen molar-refractivity contribution in [1.82, 2.24) is 9.55 Å². The summed E-state index contributed by atoms with van der Waals surface area (Å²) in [6, 6.07) is 9.94. The number of aromatic nitrogens is 2. The molecule has 1 amide bonds.